The summed E-state index contributed by atoms with van der Waals surface area (Å²) >= 11 is 0. The Morgan fingerprint density at radius 2 is 1.82 bits per heavy atom. The lowest BCUT2D eigenvalue weighted by Crippen LogP contribution is -2.28. The highest BCUT2D eigenvalue weighted by atomic mass is 19.4. The maximum atomic E-state index is 13.9. The molecule has 40 heavy (non-hydrogen) atoms. The average molecular weight is 555 g/mol. The van der Waals surface area contributed by atoms with Gasteiger partial charge in [0.05, 0.1) is 16.6 Å². The first-order valence-corrected chi connectivity index (χ1v) is 13.0. The molecule has 0 spiro atoms. The van der Waals surface area contributed by atoms with Crippen molar-refractivity contribution in [3.8, 4) is 0 Å². The summed E-state index contributed by atoms with van der Waals surface area (Å²) < 4.78 is 46.5. The molecule has 0 atom stereocenters. The molecule has 210 valence electrons. The summed E-state index contributed by atoms with van der Waals surface area (Å²) in [5.74, 6) is -1.37. The Balaban J connectivity index is 1.52. The zero-order valence-electron chi connectivity index (χ0n) is 22.0. The topological polar surface area (TPSA) is 117 Å². The molecule has 2 amide bonds. The molecule has 0 saturated heterocycles. The van der Waals surface area contributed by atoms with Crippen molar-refractivity contribution in [1.82, 2.24) is 18.9 Å². The van der Waals surface area contributed by atoms with Crippen molar-refractivity contribution in [2.45, 2.75) is 57.3 Å². The van der Waals surface area contributed by atoms with E-state index in [1.165, 1.54) is 28.9 Å². The second-order valence-corrected chi connectivity index (χ2v) is 10.1. The van der Waals surface area contributed by atoms with E-state index in [9.17, 15) is 27.6 Å². The van der Waals surface area contributed by atoms with Crippen molar-refractivity contribution in [1.29, 1.82) is 0 Å². The number of benzene rings is 2. The number of alkyl halides is 3. The lowest BCUT2D eigenvalue weighted by molar-refractivity contribution is -0.137. The summed E-state index contributed by atoms with van der Waals surface area (Å²) in [6.07, 6.45) is -0.207. The van der Waals surface area contributed by atoms with Crippen LogP contribution in [-0.2, 0) is 19.8 Å². The summed E-state index contributed by atoms with van der Waals surface area (Å²) in [4.78, 5) is 37.3. The third-order valence-corrected chi connectivity index (χ3v) is 7.67. The van der Waals surface area contributed by atoms with Crippen molar-refractivity contribution in [3.05, 3.63) is 81.7 Å². The molecule has 12 heteroatoms. The van der Waals surface area contributed by atoms with Gasteiger partial charge in [0.15, 0.2) is 0 Å². The number of carbonyl (C=O) groups excluding carboxylic acids is 2. The van der Waals surface area contributed by atoms with E-state index < -0.39 is 23.6 Å². The molecule has 2 heterocycles. The number of aromatic nitrogens is 4. The summed E-state index contributed by atoms with van der Waals surface area (Å²) in [5.41, 5.74) is 5.80. The van der Waals surface area contributed by atoms with Gasteiger partial charge in [0.25, 0.3) is 5.91 Å². The van der Waals surface area contributed by atoms with Crippen LogP contribution in [0.25, 0.3) is 10.9 Å². The number of rotatable bonds is 6. The number of fused-ring (bicyclic) bond motifs is 1. The van der Waals surface area contributed by atoms with Gasteiger partial charge >= 0.3 is 11.9 Å². The first-order valence-electron chi connectivity index (χ1n) is 13.0. The van der Waals surface area contributed by atoms with Crippen LogP contribution in [0.5, 0.6) is 0 Å². The molecule has 3 N–H and O–H groups in total. The van der Waals surface area contributed by atoms with Gasteiger partial charge in [-0.25, -0.2) is 9.48 Å². The van der Waals surface area contributed by atoms with E-state index in [4.69, 9.17) is 5.73 Å². The summed E-state index contributed by atoms with van der Waals surface area (Å²) in [6, 6.07) is 9.63. The summed E-state index contributed by atoms with van der Waals surface area (Å²) in [7, 11) is 1.60. The third-order valence-electron chi connectivity index (χ3n) is 7.67. The number of nitrogens with two attached hydrogens (primary N) is 1. The number of anilines is 1. The summed E-state index contributed by atoms with van der Waals surface area (Å²) in [5, 5.41) is 6.99. The quantitative estimate of drug-likeness (QED) is 0.355. The molecule has 5 rings (SSSR count). The van der Waals surface area contributed by atoms with Crippen LogP contribution in [0.4, 0.5) is 18.9 Å². The Kier molecular flexibility index (Phi) is 7.03. The second kappa shape index (κ2) is 10.3. The molecule has 1 saturated carbocycles. The van der Waals surface area contributed by atoms with E-state index in [0.29, 0.717) is 17.4 Å². The van der Waals surface area contributed by atoms with Gasteiger partial charge in [-0.1, -0.05) is 6.07 Å². The molecule has 2 aromatic carbocycles. The average Bonchev–Trinajstić information content (AvgIpc) is 3.47. The van der Waals surface area contributed by atoms with Crippen LogP contribution in [0.2, 0.25) is 0 Å². The summed E-state index contributed by atoms with van der Waals surface area (Å²) in [6.45, 7) is 2.34. The molecule has 2 aromatic heterocycles. The minimum absolute atomic E-state index is 0.00578. The van der Waals surface area contributed by atoms with Gasteiger partial charge in [0.1, 0.15) is 6.33 Å². The molecule has 1 fully saturated rings. The monoisotopic (exact) mass is 554 g/mol. The van der Waals surface area contributed by atoms with Gasteiger partial charge in [-0.05, 0) is 74.9 Å². The van der Waals surface area contributed by atoms with Crippen molar-refractivity contribution >= 4 is 28.4 Å². The first-order chi connectivity index (χ1) is 19.0. The smallest absolute Gasteiger partial charge is 0.366 e. The zero-order chi connectivity index (χ0) is 28.8. The van der Waals surface area contributed by atoms with Crippen molar-refractivity contribution < 1.29 is 22.8 Å². The molecule has 4 aromatic rings. The molecule has 0 radical (unpaired) electrons. The number of hydrogen-bond acceptors (Lipinski definition) is 4. The largest absolute Gasteiger partial charge is 0.416 e. The van der Waals surface area contributed by atoms with Crippen LogP contribution in [0.3, 0.4) is 0 Å². The van der Waals surface area contributed by atoms with Gasteiger partial charge in [-0.15, -0.1) is 0 Å². The number of halogens is 3. The molecular formula is C28H29F3N6O3. The van der Waals surface area contributed by atoms with Crippen LogP contribution in [0.1, 0.15) is 76.5 Å². The van der Waals surface area contributed by atoms with Crippen molar-refractivity contribution in [2.24, 2.45) is 12.8 Å². The maximum absolute atomic E-state index is 13.9. The number of nitrogens with zero attached hydrogens (tertiary/aromatic N) is 4. The molecular weight excluding hydrogens is 525 g/mol. The second-order valence-electron chi connectivity index (χ2n) is 10.1. The number of hydrogen-bond donors (Lipinski definition) is 2. The van der Waals surface area contributed by atoms with Gasteiger partial charge in [0, 0.05) is 42.0 Å². The molecule has 0 unspecified atom stereocenters. The number of carbonyl (C=O) groups is 2. The van der Waals surface area contributed by atoms with E-state index in [-0.39, 0.29) is 34.5 Å². The van der Waals surface area contributed by atoms with Crippen LogP contribution in [-0.4, -0.2) is 30.7 Å². The Bertz CT molecular complexity index is 1660. The number of amides is 2. The molecule has 1 aliphatic rings. The fraction of sp³-hybridized carbons (Fsp3) is 0.357. The molecule has 0 aliphatic heterocycles. The van der Waals surface area contributed by atoms with Gasteiger partial charge in [0.2, 0.25) is 5.91 Å². The van der Waals surface area contributed by atoms with E-state index in [1.54, 1.807) is 24.0 Å². The highest BCUT2D eigenvalue weighted by Crippen LogP contribution is 2.41. The number of aryl methyl sites for hydroxylation is 2. The van der Waals surface area contributed by atoms with Crippen molar-refractivity contribution in [3.63, 3.8) is 0 Å². The third kappa shape index (κ3) is 5.01. The first kappa shape index (κ1) is 27.2. The van der Waals surface area contributed by atoms with Gasteiger partial charge in [-0.2, -0.15) is 18.3 Å². The lowest BCUT2D eigenvalue weighted by atomic mass is 9.84. The predicted molar refractivity (Wildman–Crippen MR) is 143 cm³/mol. The van der Waals surface area contributed by atoms with Crippen molar-refractivity contribution in [2.75, 3.05) is 5.32 Å². The Morgan fingerprint density at radius 1 is 1.10 bits per heavy atom. The number of nitrogens with one attached hydrogen (secondary N) is 1. The van der Waals surface area contributed by atoms with Crippen LogP contribution >= 0.6 is 0 Å². The fourth-order valence-electron chi connectivity index (χ4n) is 5.70. The predicted octanol–water partition coefficient (Wildman–Crippen LogP) is 4.83. The van der Waals surface area contributed by atoms with Gasteiger partial charge < -0.3 is 15.6 Å². The van der Waals surface area contributed by atoms with E-state index in [1.807, 2.05) is 11.5 Å². The molecule has 1 aliphatic carbocycles. The minimum atomic E-state index is -4.65. The Morgan fingerprint density at radius 3 is 2.42 bits per heavy atom. The van der Waals surface area contributed by atoms with Crippen LogP contribution in [0.15, 0.2) is 53.6 Å². The molecule has 9 nitrogen and oxygen atoms in total. The van der Waals surface area contributed by atoms with Crippen LogP contribution in [0, 0.1) is 0 Å². The van der Waals surface area contributed by atoms with Crippen LogP contribution < -0.4 is 16.7 Å². The van der Waals surface area contributed by atoms with E-state index in [2.05, 4.69) is 10.4 Å². The maximum Gasteiger partial charge on any atom is 0.416 e. The zero-order valence-corrected chi connectivity index (χ0v) is 22.0. The normalized spacial score (nSPS) is 17.7. The fourth-order valence-corrected chi connectivity index (χ4v) is 5.70. The highest BCUT2D eigenvalue weighted by Gasteiger charge is 2.34. The van der Waals surface area contributed by atoms with Gasteiger partial charge in [-0.3, -0.25) is 14.2 Å². The SMILES string of the molecule is CCn1c(C2CCC(n3cnn(C)c3=O)CC2)cc2cc(C(F)(F)F)cc(C(=O)Nc3cccc(C(N)=O)c3)c21. The van der Waals surface area contributed by atoms with E-state index in [0.717, 1.165) is 43.5 Å². The van der Waals surface area contributed by atoms with E-state index >= 15 is 0 Å². The number of primary amides is 1. The standard InChI is InChI=1S/C28H29F3N6O3/c1-3-36-23(16-7-9-21(10-8-16)37-15-33-35(2)27(37)40)13-18-11-19(28(29,30)31)14-22(24(18)36)26(39)34-20-6-4-5-17(12-20)25(32)38/h4-6,11-16,21H,3,7-10H2,1-2H3,(H2,32,38)(H,34,39). The molecule has 0 bridgehead atoms. The Hall–Kier alpha value is -4.35. The Labute approximate surface area is 227 Å². The highest BCUT2D eigenvalue weighted by molar-refractivity contribution is 6.13. The minimum Gasteiger partial charge on any atom is -0.366 e. The lowest BCUT2D eigenvalue weighted by Gasteiger charge is -2.29.